The van der Waals surface area contributed by atoms with Crippen LogP contribution < -0.4 is 5.32 Å². The van der Waals surface area contributed by atoms with E-state index in [1.54, 1.807) is 4.80 Å². The molecule has 1 heterocycles. The highest BCUT2D eigenvalue weighted by Crippen LogP contribution is 2.21. The molecule has 0 saturated heterocycles. The maximum atomic E-state index is 6.31. The molecule has 29 heavy (non-hydrogen) atoms. The number of hydrogen-bond donors (Lipinski definition) is 1. The number of benzene rings is 2. The van der Waals surface area contributed by atoms with Gasteiger partial charge in [0.05, 0.1) is 6.54 Å². The van der Waals surface area contributed by atoms with Gasteiger partial charge in [-0.15, -0.1) is 0 Å². The van der Waals surface area contributed by atoms with E-state index >= 15 is 0 Å². The van der Waals surface area contributed by atoms with E-state index in [0.29, 0.717) is 13.1 Å². The molecule has 2 aromatic carbocycles. The number of ether oxygens (including phenoxy) is 1. The number of unbranched alkanes of at least 4 members (excludes halogenated alkanes) is 1. The lowest BCUT2D eigenvalue weighted by Crippen LogP contribution is -2.17. The Balaban J connectivity index is 1.63. The van der Waals surface area contributed by atoms with Gasteiger partial charge in [-0.1, -0.05) is 73.5 Å². The highest BCUT2D eigenvalue weighted by atomic mass is 35.5. The molecule has 0 aliphatic heterocycles. The largest absolute Gasteiger partial charge is 0.381 e. The van der Waals surface area contributed by atoms with Crippen molar-refractivity contribution in [2.75, 3.05) is 19.8 Å². The van der Waals surface area contributed by atoms with E-state index in [-0.39, 0.29) is 0 Å². The molecule has 0 atom stereocenters. The van der Waals surface area contributed by atoms with Crippen LogP contribution in [0.5, 0.6) is 0 Å². The van der Waals surface area contributed by atoms with Gasteiger partial charge in [-0.05, 0) is 31.0 Å². The highest BCUT2D eigenvalue weighted by Gasteiger charge is 2.13. The molecule has 5 nitrogen and oxygen atoms in total. The van der Waals surface area contributed by atoms with E-state index in [2.05, 4.69) is 24.4 Å². The summed E-state index contributed by atoms with van der Waals surface area (Å²) < 4.78 is 5.62. The van der Waals surface area contributed by atoms with Crippen LogP contribution in [0.2, 0.25) is 5.02 Å². The molecule has 3 aromatic rings. The zero-order chi connectivity index (χ0) is 20.3. The van der Waals surface area contributed by atoms with Crippen LogP contribution in [0.4, 0.5) is 0 Å². The number of aromatic nitrogens is 3. The summed E-state index contributed by atoms with van der Waals surface area (Å²) in [4.78, 5) is 1.73. The van der Waals surface area contributed by atoms with Gasteiger partial charge in [-0.25, -0.2) is 0 Å². The molecule has 0 aliphatic rings. The summed E-state index contributed by atoms with van der Waals surface area (Å²) in [6.45, 7) is 5.92. The minimum Gasteiger partial charge on any atom is -0.381 e. The molecule has 6 heteroatoms. The average Bonchev–Trinajstić information content (AvgIpc) is 3.15. The van der Waals surface area contributed by atoms with E-state index in [1.807, 2.05) is 42.5 Å². The van der Waals surface area contributed by atoms with Crippen molar-refractivity contribution >= 4 is 11.6 Å². The Kier molecular flexibility index (Phi) is 8.68. The summed E-state index contributed by atoms with van der Waals surface area (Å²) >= 11 is 6.31. The second kappa shape index (κ2) is 11.7. The number of nitrogens with zero attached hydrogens (tertiary/aromatic N) is 3. The number of hydrogen-bond acceptors (Lipinski definition) is 4. The minimum atomic E-state index is 0.546. The van der Waals surface area contributed by atoms with E-state index in [9.17, 15) is 0 Å². The van der Waals surface area contributed by atoms with Crippen molar-refractivity contribution in [1.29, 1.82) is 0 Å². The number of nitrogens with one attached hydrogen (secondary N) is 1. The maximum absolute atomic E-state index is 6.31. The Bertz CT molecular complexity index is 866. The van der Waals surface area contributed by atoms with Crippen LogP contribution >= 0.6 is 11.6 Å². The fraction of sp³-hybridized carbons (Fsp3) is 0.391. The third-order valence-corrected chi connectivity index (χ3v) is 4.99. The molecular formula is C23H29ClN4O. The summed E-state index contributed by atoms with van der Waals surface area (Å²) in [6.07, 6.45) is 3.28. The molecule has 0 aliphatic carbocycles. The molecule has 1 aromatic heterocycles. The molecular weight excluding hydrogens is 384 g/mol. The quantitative estimate of drug-likeness (QED) is 0.428. The molecule has 0 amide bonds. The SMILES string of the molecule is CCCCOCCCNCc1nn(Cc2ccccc2Cl)nc1-c1ccccc1. The maximum Gasteiger partial charge on any atom is 0.117 e. The first-order valence-electron chi connectivity index (χ1n) is 10.3. The lowest BCUT2D eigenvalue weighted by atomic mass is 10.1. The standard InChI is InChI=1S/C23H29ClN4O/c1-2-3-15-29-16-9-14-25-17-22-23(19-10-5-4-6-11-19)27-28(26-22)18-20-12-7-8-13-21(20)24/h4-8,10-13,25H,2-3,9,14-18H2,1H3. The summed E-state index contributed by atoms with van der Waals surface area (Å²) in [6, 6.07) is 18.0. The summed E-state index contributed by atoms with van der Waals surface area (Å²) in [5.41, 5.74) is 3.92. The molecule has 0 saturated carbocycles. The van der Waals surface area contributed by atoms with Gasteiger partial charge in [0.1, 0.15) is 11.4 Å². The first-order valence-corrected chi connectivity index (χ1v) is 10.7. The minimum absolute atomic E-state index is 0.546. The van der Waals surface area contributed by atoms with Crippen molar-refractivity contribution in [1.82, 2.24) is 20.3 Å². The van der Waals surface area contributed by atoms with Crippen LogP contribution in [0.15, 0.2) is 54.6 Å². The number of halogens is 1. The van der Waals surface area contributed by atoms with Crippen molar-refractivity contribution in [3.8, 4) is 11.3 Å². The smallest absolute Gasteiger partial charge is 0.117 e. The Hall–Kier alpha value is -2.21. The Labute approximate surface area is 178 Å². The Morgan fingerprint density at radius 2 is 1.72 bits per heavy atom. The second-order valence-electron chi connectivity index (χ2n) is 6.98. The molecule has 1 N–H and O–H groups in total. The van der Waals surface area contributed by atoms with Crippen molar-refractivity contribution < 1.29 is 4.74 Å². The van der Waals surface area contributed by atoms with Gasteiger partial charge >= 0.3 is 0 Å². The van der Waals surface area contributed by atoms with E-state index in [4.69, 9.17) is 26.5 Å². The summed E-state index contributed by atoms with van der Waals surface area (Å²) in [7, 11) is 0. The van der Waals surface area contributed by atoms with Crippen LogP contribution in [-0.4, -0.2) is 34.8 Å². The zero-order valence-corrected chi connectivity index (χ0v) is 17.7. The first-order chi connectivity index (χ1) is 14.3. The van der Waals surface area contributed by atoms with Gasteiger partial charge in [-0.2, -0.15) is 15.0 Å². The van der Waals surface area contributed by atoms with E-state index < -0.39 is 0 Å². The Morgan fingerprint density at radius 1 is 0.966 bits per heavy atom. The van der Waals surface area contributed by atoms with E-state index in [0.717, 1.165) is 60.1 Å². The first kappa shape index (κ1) is 21.5. The van der Waals surface area contributed by atoms with Crippen molar-refractivity contribution in [2.45, 2.75) is 39.3 Å². The lowest BCUT2D eigenvalue weighted by molar-refractivity contribution is 0.128. The highest BCUT2D eigenvalue weighted by molar-refractivity contribution is 6.31. The van der Waals surface area contributed by atoms with Crippen LogP contribution in [0.3, 0.4) is 0 Å². The van der Waals surface area contributed by atoms with Gasteiger partial charge in [0.25, 0.3) is 0 Å². The molecule has 0 bridgehead atoms. The van der Waals surface area contributed by atoms with Gasteiger partial charge in [0.15, 0.2) is 0 Å². The summed E-state index contributed by atoms with van der Waals surface area (Å²) in [5, 5.41) is 13.7. The zero-order valence-electron chi connectivity index (χ0n) is 17.0. The molecule has 0 fully saturated rings. The van der Waals surface area contributed by atoms with Crippen LogP contribution in [-0.2, 0) is 17.8 Å². The topological polar surface area (TPSA) is 52.0 Å². The Morgan fingerprint density at radius 3 is 2.52 bits per heavy atom. The fourth-order valence-corrected chi connectivity index (χ4v) is 3.22. The van der Waals surface area contributed by atoms with Crippen molar-refractivity contribution in [3.05, 3.63) is 70.9 Å². The van der Waals surface area contributed by atoms with Gasteiger partial charge in [0, 0.05) is 30.3 Å². The molecule has 0 unspecified atom stereocenters. The van der Waals surface area contributed by atoms with Gasteiger partial charge in [0.2, 0.25) is 0 Å². The van der Waals surface area contributed by atoms with Crippen molar-refractivity contribution in [3.63, 3.8) is 0 Å². The normalized spacial score (nSPS) is 11.1. The third-order valence-electron chi connectivity index (χ3n) is 4.62. The third kappa shape index (κ3) is 6.67. The summed E-state index contributed by atoms with van der Waals surface area (Å²) in [5.74, 6) is 0. The molecule has 0 radical (unpaired) electrons. The van der Waals surface area contributed by atoms with Crippen molar-refractivity contribution in [2.24, 2.45) is 0 Å². The number of rotatable bonds is 12. The van der Waals surface area contributed by atoms with Crippen LogP contribution in [0.25, 0.3) is 11.3 Å². The van der Waals surface area contributed by atoms with Crippen LogP contribution in [0.1, 0.15) is 37.4 Å². The lowest BCUT2D eigenvalue weighted by Gasteiger charge is -2.05. The van der Waals surface area contributed by atoms with Gasteiger partial charge < -0.3 is 10.1 Å². The van der Waals surface area contributed by atoms with Gasteiger partial charge in [-0.3, -0.25) is 0 Å². The van der Waals surface area contributed by atoms with Crippen LogP contribution in [0, 0.1) is 0 Å². The monoisotopic (exact) mass is 412 g/mol. The predicted octanol–water partition coefficient (Wildman–Crippen LogP) is 4.94. The molecule has 154 valence electrons. The fourth-order valence-electron chi connectivity index (χ4n) is 3.03. The predicted molar refractivity (Wildman–Crippen MR) is 118 cm³/mol. The average molecular weight is 413 g/mol. The molecule has 3 rings (SSSR count). The van der Waals surface area contributed by atoms with E-state index in [1.165, 1.54) is 6.42 Å². The molecule has 0 spiro atoms. The second-order valence-corrected chi connectivity index (χ2v) is 7.39.